The fourth-order valence-corrected chi connectivity index (χ4v) is 2.58. The van der Waals surface area contributed by atoms with Crippen LogP contribution < -0.4 is 5.32 Å². The number of hydrogen-bond donors (Lipinski definition) is 1. The summed E-state index contributed by atoms with van der Waals surface area (Å²) >= 11 is 0. The Morgan fingerprint density at radius 2 is 2.08 bits per heavy atom. The van der Waals surface area contributed by atoms with Crippen LogP contribution in [0, 0.1) is 6.92 Å². The summed E-state index contributed by atoms with van der Waals surface area (Å²) in [5, 5.41) is 3.30. The van der Waals surface area contributed by atoms with Gasteiger partial charge in [0.25, 0.3) is 0 Å². The molecule has 1 aliphatic rings. The molecule has 0 bridgehead atoms. The quantitative estimate of drug-likeness (QED) is 0.865. The van der Waals surface area contributed by atoms with E-state index in [1.807, 2.05) is 44.3 Å². The Hall–Kier alpha value is -2.62. The van der Waals surface area contributed by atoms with Gasteiger partial charge >= 0.3 is 0 Å². The normalized spacial score (nSPS) is 17.2. The van der Waals surface area contributed by atoms with Crippen LogP contribution in [0.5, 0.6) is 0 Å². The van der Waals surface area contributed by atoms with Crippen LogP contribution in [0.4, 0.5) is 5.82 Å². The van der Waals surface area contributed by atoms with Crippen molar-refractivity contribution in [1.82, 2.24) is 9.88 Å². The van der Waals surface area contributed by atoms with Crippen molar-refractivity contribution < 1.29 is 0 Å². The van der Waals surface area contributed by atoms with Gasteiger partial charge in [0.2, 0.25) is 0 Å². The number of nitrogens with one attached hydrogen (secondary N) is 1. The van der Waals surface area contributed by atoms with Crippen molar-refractivity contribution in [3.8, 4) is 0 Å². The maximum Gasteiger partial charge on any atom is 0.142 e. The lowest BCUT2D eigenvalue weighted by Gasteiger charge is -2.27. The van der Waals surface area contributed by atoms with Crippen molar-refractivity contribution in [1.29, 1.82) is 0 Å². The zero-order valence-electron chi connectivity index (χ0n) is 15.2. The first-order valence-electron chi connectivity index (χ1n) is 8.21. The van der Waals surface area contributed by atoms with E-state index in [1.54, 1.807) is 0 Å². The standard InChI is InChI=1S/C20H26N4/c1-7-10-14(3)17(8-2)20-23-19(13-16(5)24(20)6)22-18-12-9-11-15(4)21-18/h8-13H,2,7H2,1,3-6H3,(H,21,22,23)/b14-10-,20-17+. The fourth-order valence-electron chi connectivity index (χ4n) is 2.58. The minimum atomic E-state index is 0.780. The Kier molecular flexibility index (Phi) is 5.74. The molecule has 2 rings (SSSR count). The molecule has 24 heavy (non-hydrogen) atoms. The third kappa shape index (κ3) is 4.02. The van der Waals surface area contributed by atoms with Gasteiger partial charge in [0.05, 0.1) is 0 Å². The first-order chi connectivity index (χ1) is 11.5. The molecule has 0 unspecified atom stereocenters. The molecule has 1 aromatic rings. The van der Waals surface area contributed by atoms with E-state index < -0.39 is 0 Å². The maximum absolute atomic E-state index is 4.80. The number of aliphatic imine (C=N–C) groups is 1. The summed E-state index contributed by atoms with van der Waals surface area (Å²) < 4.78 is 0. The summed E-state index contributed by atoms with van der Waals surface area (Å²) in [6.45, 7) is 12.2. The second-order valence-corrected chi connectivity index (χ2v) is 5.87. The summed E-state index contributed by atoms with van der Waals surface area (Å²) in [6.07, 6.45) is 7.07. The molecule has 1 aromatic heterocycles. The predicted octanol–water partition coefficient (Wildman–Crippen LogP) is 4.80. The molecule has 0 saturated heterocycles. The number of amidine groups is 1. The average Bonchev–Trinajstić information content (AvgIpc) is 2.53. The summed E-state index contributed by atoms with van der Waals surface area (Å²) in [5.74, 6) is 2.47. The second kappa shape index (κ2) is 7.77. The molecular weight excluding hydrogens is 296 g/mol. The molecule has 0 amide bonds. The van der Waals surface area contributed by atoms with Crippen LogP contribution in [-0.2, 0) is 0 Å². The van der Waals surface area contributed by atoms with Gasteiger partial charge in [0.1, 0.15) is 17.5 Å². The van der Waals surface area contributed by atoms with E-state index in [-0.39, 0.29) is 0 Å². The fraction of sp³-hybridized carbons (Fsp3) is 0.300. The smallest absolute Gasteiger partial charge is 0.142 e. The van der Waals surface area contributed by atoms with E-state index in [4.69, 9.17) is 4.99 Å². The minimum absolute atomic E-state index is 0.780. The van der Waals surface area contributed by atoms with Crippen molar-refractivity contribution >= 4 is 11.7 Å². The number of hydrogen-bond acceptors (Lipinski definition) is 4. The summed E-state index contributed by atoms with van der Waals surface area (Å²) in [7, 11) is 2.02. The molecule has 126 valence electrons. The van der Waals surface area contributed by atoms with Crippen LogP contribution >= 0.6 is 0 Å². The molecule has 1 N–H and O–H groups in total. The van der Waals surface area contributed by atoms with Crippen molar-refractivity contribution in [2.45, 2.75) is 34.1 Å². The molecule has 0 aromatic carbocycles. The third-order valence-electron chi connectivity index (χ3n) is 3.94. The number of aromatic nitrogens is 1. The summed E-state index contributed by atoms with van der Waals surface area (Å²) in [4.78, 5) is 11.4. The molecule has 0 fully saturated rings. The van der Waals surface area contributed by atoms with Gasteiger partial charge in [0, 0.05) is 30.1 Å². The molecule has 1 aliphatic heterocycles. The Balaban J connectivity index is 2.45. The minimum Gasteiger partial charge on any atom is -0.333 e. The number of allylic oxidation sites excluding steroid dienone is 5. The molecule has 0 radical (unpaired) electrons. The van der Waals surface area contributed by atoms with E-state index in [0.717, 1.165) is 40.9 Å². The maximum atomic E-state index is 4.80. The summed E-state index contributed by atoms with van der Waals surface area (Å²) in [6, 6.07) is 5.90. The monoisotopic (exact) mass is 322 g/mol. The van der Waals surface area contributed by atoms with Gasteiger partial charge in [-0.25, -0.2) is 9.98 Å². The van der Waals surface area contributed by atoms with Crippen molar-refractivity contribution in [2.24, 2.45) is 4.99 Å². The van der Waals surface area contributed by atoms with Crippen molar-refractivity contribution in [3.05, 3.63) is 71.4 Å². The van der Waals surface area contributed by atoms with Crippen LogP contribution in [0.15, 0.2) is 70.7 Å². The van der Waals surface area contributed by atoms with E-state index in [2.05, 4.69) is 48.6 Å². The molecule has 0 saturated carbocycles. The Morgan fingerprint density at radius 3 is 2.71 bits per heavy atom. The summed E-state index contributed by atoms with van der Waals surface area (Å²) in [5.41, 5.74) is 4.31. The molecular formula is C20H26N4. The number of nitrogens with zero attached hydrogens (tertiary/aromatic N) is 3. The van der Waals surface area contributed by atoms with E-state index in [0.29, 0.717) is 0 Å². The molecule has 0 atom stereocenters. The van der Waals surface area contributed by atoms with Crippen molar-refractivity contribution in [3.63, 3.8) is 0 Å². The molecule has 4 heteroatoms. The van der Waals surface area contributed by atoms with Gasteiger partial charge in [-0.3, -0.25) is 0 Å². The van der Waals surface area contributed by atoms with E-state index in [9.17, 15) is 0 Å². The van der Waals surface area contributed by atoms with Gasteiger partial charge in [-0.1, -0.05) is 31.7 Å². The SMILES string of the molecule is C=CC(/C(C)=C\CC)=C1/N=C(Nc2cccc(C)n2)C=C(C)N1C. The number of rotatable bonds is 4. The first kappa shape index (κ1) is 17.7. The van der Waals surface area contributed by atoms with Crippen molar-refractivity contribution in [2.75, 3.05) is 12.4 Å². The highest BCUT2D eigenvalue weighted by atomic mass is 15.2. The Morgan fingerprint density at radius 1 is 1.33 bits per heavy atom. The molecule has 0 aliphatic carbocycles. The predicted molar refractivity (Wildman–Crippen MR) is 103 cm³/mol. The zero-order chi connectivity index (χ0) is 17.7. The first-order valence-corrected chi connectivity index (χ1v) is 8.21. The van der Waals surface area contributed by atoms with Crippen LogP contribution in [0.25, 0.3) is 0 Å². The van der Waals surface area contributed by atoms with E-state index >= 15 is 0 Å². The van der Waals surface area contributed by atoms with Gasteiger partial charge in [-0.15, -0.1) is 0 Å². The number of pyridine rings is 1. The average molecular weight is 322 g/mol. The lowest BCUT2D eigenvalue weighted by molar-refractivity contribution is 0.506. The van der Waals surface area contributed by atoms with E-state index in [1.165, 1.54) is 5.57 Å². The Labute approximate surface area is 145 Å². The second-order valence-electron chi connectivity index (χ2n) is 5.87. The van der Waals surface area contributed by atoms with Gasteiger partial charge in [-0.05, 0) is 44.9 Å². The highest BCUT2D eigenvalue weighted by Crippen LogP contribution is 2.25. The molecule has 4 nitrogen and oxygen atoms in total. The molecule has 2 heterocycles. The lowest BCUT2D eigenvalue weighted by Crippen LogP contribution is -2.25. The van der Waals surface area contributed by atoms with Crippen LogP contribution in [0.3, 0.4) is 0 Å². The zero-order valence-corrected chi connectivity index (χ0v) is 15.2. The largest absolute Gasteiger partial charge is 0.333 e. The van der Waals surface area contributed by atoms with Gasteiger partial charge < -0.3 is 10.2 Å². The highest BCUT2D eigenvalue weighted by molar-refractivity contribution is 6.04. The van der Waals surface area contributed by atoms with Crippen LogP contribution in [-0.4, -0.2) is 22.8 Å². The van der Waals surface area contributed by atoms with Crippen LogP contribution in [0.2, 0.25) is 0 Å². The molecule has 0 spiro atoms. The number of anilines is 1. The number of aryl methyl sites for hydroxylation is 1. The van der Waals surface area contributed by atoms with Crippen LogP contribution in [0.1, 0.15) is 32.9 Å². The lowest BCUT2D eigenvalue weighted by atomic mass is 10.1. The highest BCUT2D eigenvalue weighted by Gasteiger charge is 2.17. The topological polar surface area (TPSA) is 40.5 Å². The third-order valence-corrected chi connectivity index (χ3v) is 3.94. The van der Waals surface area contributed by atoms with Gasteiger partial charge in [-0.2, -0.15) is 0 Å². The van der Waals surface area contributed by atoms with Gasteiger partial charge in [0.15, 0.2) is 0 Å². The Bertz CT molecular complexity index is 751.